The average Bonchev–Trinajstić information content (AvgIpc) is 3.16. The van der Waals surface area contributed by atoms with Gasteiger partial charge in [0.1, 0.15) is 5.02 Å². The predicted octanol–water partition coefficient (Wildman–Crippen LogP) is 8.02. The summed E-state index contributed by atoms with van der Waals surface area (Å²) < 4.78 is 95.2. The Bertz CT molecular complexity index is 2100. The van der Waals surface area contributed by atoms with Crippen LogP contribution in [0.3, 0.4) is 0 Å². The van der Waals surface area contributed by atoms with Gasteiger partial charge >= 0.3 is 42.5 Å². The van der Waals surface area contributed by atoms with Gasteiger partial charge in [0.25, 0.3) is 0 Å². The van der Waals surface area contributed by atoms with Crippen LogP contribution in [0.25, 0.3) is 0 Å². The number of carbonyl (C=O) groups excluding carboxylic acids is 1. The minimum Gasteiger partial charge on any atom is -0.475 e. The maximum atomic E-state index is 13.3. The Kier molecular flexibility index (Phi) is 16.5. The summed E-state index contributed by atoms with van der Waals surface area (Å²) in [4.78, 5) is 57.2. The number of fused-ring (bicyclic) bond motifs is 6. The molecule has 0 atom stereocenters. The van der Waals surface area contributed by atoms with E-state index in [1.165, 1.54) is 0 Å². The first-order valence-electron chi connectivity index (χ1n) is 16.4. The zero-order valence-corrected chi connectivity index (χ0v) is 31.5. The standard InChI is InChI=1S/C28H26Cl2N8O.3C2HF3O2/c29-20-2-1-3-23(14-20)37-8-10-38(11-9-37)28(39)35-25-7-6-21-13-19(25)5-4-18-12-22(16-31-15-18)34-27-32-17-24(30)26(33-21)36-27;3*3-2(4,5)1(6)7/h1-3,6-7,12-17H,4-5,8-11H2,(H,35,39)(H2,32,33,34,36);3*(H,6,7). The third-order valence-corrected chi connectivity index (χ3v) is 8.07. The summed E-state index contributed by atoms with van der Waals surface area (Å²) in [6, 6.07) is 15.6. The van der Waals surface area contributed by atoms with E-state index in [4.69, 9.17) is 52.9 Å². The predicted molar refractivity (Wildman–Crippen MR) is 197 cm³/mol. The van der Waals surface area contributed by atoms with Crippen molar-refractivity contribution in [2.24, 2.45) is 0 Å². The molecule has 0 saturated carbocycles. The molecule has 2 aromatic carbocycles. The first-order valence-corrected chi connectivity index (χ1v) is 17.2. The van der Waals surface area contributed by atoms with Crippen LogP contribution >= 0.6 is 23.2 Å². The lowest BCUT2D eigenvalue weighted by atomic mass is 10.0. The van der Waals surface area contributed by atoms with E-state index >= 15 is 0 Å². The molecule has 60 heavy (non-hydrogen) atoms. The van der Waals surface area contributed by atoms with E-state index in [1.807, 2.05) is 59.6 Å². The van der Waals surface area contributed by atoms with Gasteiger partial charge in [-0.05, 0) is 66.4 Å². The highest BCUT2D eigenvalue weighted by Gasteiger charge is 2.39. The molecule has 4 aromatic rings. The lowest BCUT2D eigenvalue weighted by molar-refractivity contribution is -0.193. The number of rotatable bonds is 2. The first kappa shape index (κ1) is 48.1. The number of aromatic nitrogens is 3. The number of nitrogens with one attached hydrogen (secondary N) is 3. The fourth-order valence-electron chi connectivity index (χ4n) is 4.79. The van der Waals surface area contributed by atoms with Crippen molar-refractivity contribution in [2.75, 3.05) is 47.0 Å². The van der Waals surface area contributed by atoms with Gasteiger partial charge in [0.2, 0.25) is 5.95 Å². The third kappa shape index (κ3) is 15.5. The Balaban J connectivity index is 0.000000377. The van der Waals surface area contributed by atoms with Crippen LogP contribution in [0.1, 0.15) is 11.1 Å². The van der Waals surface area contributed by atoms with Gasteiger partial charge in [-0.2, -0.15) is 44.5 Å². The number of carboxylic acid groups (broad SMARTS) is 3. The number of urea groups is 1. The lowest BCUT2D eigenvalue weighted by Crippen LogP contribution is -2.50. The molecule has 0 spiro atoms. The number of hydrogen-bond acceptors (Lipinski definition) is 10. The van der Waals surface area contributed by atoms with Crippen LogP contribution in [0.5, 0.6) is 0 Å². The number of halogens is 11. The quantitative estimate of drug-likeness (QED) is 0.105. The van der Waals surface area contributed by atoms with Gasteiger partial charge in [-0.1, -0.05) is 29.3 Å². The molecule has 26 heteroatoms. The summed E-state index contributed by atoms with van der Waals surface area (Å²) >= 11 is 12.5. The largest absolute Gasteiger partial charge is 0.490 e. The molecular weight excluding hydrogens is 874 g/mol. The highest BCUT2D eigenvalue weighted by atomic mass is 35.5. The number of carbonyl (C=O) groups is 4. The molecule has 2 aliphatic heterocycles. The van der Waals surface area contributed by atoms with E-state index in [1.54, 1.807) is 12.4 Å². The number of pyridine rings is 1. The van der Waals surface area contributed by atoms with E-state index in [-0.39, 0.29) is 6.03 Å². The van der Waals surface area contributed by atoms with Crippen molar-refractivity contribution < 1.29 is 74.0 Å². The second-order valence-electron chi connectivity index (χ2n) is 11.9. The number of amides is 2. The summed E-state index contributed by atoms with van der Waals surface area (Å²) in [6.45, 7) is 2.71. The van der Waals surface area contributed by atoms with Crippen LogP contribution in [0, 0.1) is 0 Å². The molecule has 6 rings (SSSR count). The second-order valence-corrected chi connectivity index (χ2v) is 12.7. The van der Waals surface area contributed by atoms with Gasteiger partial charge in [-0.15, -0.1) is 0 Å². The highest BCUT2D eigenvalue weighted by Crippen LogP contribution is 2.30. The summed E-state index contributed by atoms with van der Waals surface area (Å²) in [6.07, 6.45) is -8.68. The van der Waals surface area contributed by atoms with Crippen molar-refractivity contribution in [1.29, 1.82) is 0 Å². The van der Waals surface area contributed by atoms with Crippen LogP contribution in [0.4, 0.5) is 78.8 Å². The van der Waals surface area contributed by atoms with Gasteiger partial charge in [0.05, 0.1) is 18.1 Å². The number of aliphatic carboxylic acids is 3. The molecule has 6 bridgehead atoms. The first-order chi connectivity index (χ1) is 27.8. The van der Waals surface area contributed by atoms with Crippen LogP contribution in [-0.4, -0.2) is 104 Å². The number of hydrogen-bond donors (Lipinski definition) is 6. The SMILES string of the molecule is O=C(Nc1ccc2cc1CCc1cncc(c1)Nc1ncc(Cl)c(n1)N2)N1CCN(c2cccc(Cl)c2)CC1.O=C(O)C(F)(F)F.O=C(O)C(F)(F)F.O=C(O)C(F)(F)F. The summed E-state index contributed by atoms with van der Waals surface area (Å²) in [5.41, 5.74) is 5.50. The molecular formula is C34H29Cl2F9N8O7. The Hall–Kier alpha value is -6.30. The van der Waals surface area contributed by atoms with Gasteiger partial charge in [0.15, 0.2) is 5.82 Å². The molecule has 0 radical (unpaired) electrons. The molecule has 1 fully saturated rings. The molecule has 1 saturated heterocycles. The topological polar surface area (TPSA) is 210 Å². The third-order valence-electron chi connectivity index (χ3n) is 7.56. The van der Waals surface area contributed by atoms with Crippen molar-refractivity contribution in [3.05, 3.63) is 88.3 Å². The molecule has 2 amide bonds. The number of alkyl halides is 9. The van der Waals surface area contributed by atoms with Crippen LogP contribution in [0.2, 0.25) is 10.0 Å². The zero-order chi connectivity index (χ0) is 45.0. The van der Waals surface area contributed by atoms with Crippen LogP contribution in [0.15, 0.2) is 67.1 Å². The normalized spacial score (nSPS) is 13.5. The van der Waals surface area contributed by atoms with Crippen molar-refractivity contribution in [3.63, 3.8) is 0 Å². The number of benzene rings is 2. The number of anilines is 6. The summed E-state index contributed by atoms with van der Waals surface area (Å²) in [5, 5.41) is 32.1. The van der Waals surface area contributed by atoms with Gasteiger partial charge in [-0.3, -0.25) is 4.98 Å². The van der Waals surface area contributed by atoms with E-state index in [9.17, 15) is 44.3 Å². The van der Waals surface area contributed by atoms with E-state index in [2.05, 4.69) is 35.8 Å². The number of nitrogens with zero attached hydrogens (tertiary/aromatic N) is 5. The molecule has 324 valence electrons. The van der Waals surface area contributed by atoms with Crippen molar-refractivity contribution >= 4 is 81.7 Å². The maximum Gasteiger partial charge on any atom is 0.490 e. The average molecular weight is 904 g/mol. The van der Waals surface area contributed by atoms with Gasteiger partial charge in [0, 0.05) is 54.5 Å². The number of aryl methyl sites for hydroxylation is 2. The molecule has 0 unspecified atom stereocenters. The van der Waals surface area contributed by atoms with Crippen LogP contribution in [-0.2, 0) is 27.2 Å². The number of carboxylic acids is 3. The van der Waals surface area contributed by atoms with Crippen molar-refractivity contribution in [3.8, 4) is 0 Å². The smallest absolute Gasteiger partial charge is 0.475 e. The van der Waals surface area contributed by atoms with Gasteiger partial charge < -0.3 is 41.1 Å². The summed E-state index contributed by atoms with van der Waals surface area (Å²) in [7, 11) is 0. The second kappa shape index (κ2) is 20.6. The van der Waals surface area contributed by atoms with Crippen molar-refractivity contribution in [2.45, 2.75) is 31.4 Å². The minimum absolute atomic E-state index is 0.114. The fourth-order valence-corrected chi connectivity index (χ4v) is 5.11. The monoisotopic (exact) mass is 902 g/mol. The Morgan fingerprint density at radius 1 is 0.700 bits per heavy atom. The molecule has 15 nitrogen and oxygen atoms in total. The Labute approximate surface area is 341 Å². The molecule has 0 aliphatic carbocycles. The fraction of sp³-hybridized carbons (Fsp3) is 0.265. The van der Waals surface area contributed by atoms with Crippen molar-refractivity contribution in [1.82, 2.24) is 19.9 Å². The molecule has 6 N–H and O–H groups in total. The molecule has 2 aromatic heterocycles. The number of piperazine rings is 1. The van der Waals surface area contributed by atoms with E-state index in [0.717, 1.165) is 53.4 Å². The molecule has 4 heterocycles. The minimum atomic E-state index is -5.08. The zero-order valence-electron chi connectivity index (χ0n) is 30.0. The van der Waals surface area contributed by atoms with Gasteiger partial charge in [-0.25, -0.2) is 24.2 Å². The maximum absolute atomic E-state index is 13.3. The van der Waals surface area contributed by atoms with E-state index in [0.29, 0.717) is 41.3 Å². The van der Waals surface area contributed by atoms with E-state index < -0.39 is 36.4 Å². The Morgan fingerprint density at radius 3 is 1.83 bits per heavy atom. The van der Waals surface area contributed by atoms with Crippen LogP contribution < -0.4 is 20.9 Å². The Morgan fingerprint density at radius 2 is 1.28 bits per heavy atom. The molecule has 2 aliphatic rings. The lowest BCUT2D eigenvalue weighted by Gasteiger charge is -2.36. The highest BCUT2D eigenvalue weighted by molar-refractivity contribution is 6.33. The summed E-state index contributed by atoms with van der Waals surface area (Å²) in [5.74, 6) is -7.37.